The van der Waals surface area contributed by atoms with Crippen molar-refractivity contribution in [2.24, 2.45) is 4.99 Å². The smallest absolute Gasteiger partial charge is 0.0458 e. The van der Waals surface area contributed by atoms with Crippen LogP contribution >= 0.6 is 0 Å². The first-order valence-corrected chi connectivity index (χ1v) is 8.74. The molecule has 2 nitrogen and oxygen atoms in total. The maximum Gasteiger partial charge on any atom is 0.0458 e. The Hall–Kier alpha value is -1.15. The van der Waals surface area contributed by atoms with Crippen molar-refractivity contribution in [1.82, 2.24) is 5.32 Å². The second-order valence-corrected chi connectivity index (χ2v) is 7.16. The van der Waals surface area contributed by atoms with E-state index in [0.29, 0.717) is 6.04 Å². The number of rotatable bonds is 9. The summed E-state index contributed by atoms with van der Waals surface area (Å²) in [5.41, 5.74) is 2.98. The van der Waals surface area contributed by atoms with E-state index < -0.39 is 0 Å². The number of hydrogen-bond acceptors (Lipinski definition) is 2. The lowest BCUT2D eigenvalue weighted by molar-refractivity contribution is 0.589. The zero-order valence-electron chi connectivity index (χ0n) is 15.2. The molecule has 0 bridgehead atoms. The van der Waals surface area contributed by atoms with Crippen LogP contribution in [0.2, 0.25) is 0 Å². The first-order valence-electron chi connectivity index (χ1n) is 8.74. The minimum atomic E-state index is 0.223. The highest BCUT2D eigenvalue weighted by Crippen LogP contribution is 2.22. The van der Waals surface area contributed by atoms with E-state index in [1.165, 1.54) is 36.8 Å². The van der Waals surface area contributed by atoms with Gasteiger partial charge in [-0.2, -0.15) is 0 Å². The van der Waals surface area contributed by atoms with Crippen LogP contribution in [0.15, 0.2) is 29.3 Å². The molecule has 22 heavy (non-hydrogen) atoms. The second-order valence-electron chi connectivity index (χ2n) is 7.16. The summed E-state index contributed by atoms with van der Waals surface area (Å²) in [6.07, 6.45) is 8.20. The minimum Gasteiger partial charge on any atom is -0.312 e. The number of hydrogen-bond donors (Lipinski definition) is 1. The summed E-state index contributed by atoms with van der Waals surface area (Å²) in [4.78, 5) is 4.58. The van der Waals surface area contributed by atoms with Crippen LogP contribution in [0.5, 0.6) is 0 Å². The Morgan fingerprint density at radius 2 is 1.77 bits per heavy atom. The van der Waals surface area contributed by atoms with Crippen LogP contribution in [-0.4, -0.2) is 25.8 Å². The van der Waals surface area contributed by atoms with E-state index >= 15 is 0 Å². The molecule has 124 valence electrons. The van der Waals surface area contributed by atoms with Gasteiger partial charge in [0.15, 0.2) is 0 Å². The number of nitrogens with zero attached hydrogens (tertiary/aromatic N) is 1. The average Bonchev–Trinajstić information content (AvgIpc) is 2.49. The Bertz CT molecular complexity index is 426. The van der Waals surface area contributed by atoms with Crippen LogP contribution in [0.1, 0.15) is 64.5 Å². The van der Waals surface area contributed by atoms with Crippen LogP contribution in [0, 0.1) is 0 Å². The van der Waals surface area contributed by atoms with Gasteiger partial charge >= 0.3 is 0 Å². The maximum absolute atomic E-state index is 4.58. The molecule has 0 amide bonds. The molecule has 1 atom stereocenters. The van der Waals surface area contributed by atoms with Gasteiger partial charge in [-0.05, 0) is 36.4 Å². The van der Waals surface area contributed by atoms with Crippen molar-refractivity contribution in [3.63, 3.8) is 0 Å². The maximum atomic E-state index is 4.58. The first kappa shape index (κ1) is 18.9. The third kappa shape index (κ3) is 7.22. The van der Waals surface area contributed by atoms with Crippen molar-refractivity contribution in [1.29, 1.82) is 0 Å². The average molecular weight is 303 g/mol. The van der Waals surface area contributed by atoms with Gasteiger partial charge < -0.3 is 5.32 Å². The fraction of sp³-hybridized carbons (Fsp3) is 0.650. The largest absolute Gasteiger partial charge is 0.312 e. The summed E-state index contributed by atoms with van der Waals surface area (Å²) in [6, 6.07) is 9.33. The zero-order chi connectivity index (χ0) is 16.4. The molecule has 0 fully saturated rings. The molecule has 0 heterocycles. The van der Waals surface area contributed by atoms with Crippen molar-refractivity contribution in [3.05, 3.63) is 35.4 Å². The van der Waals surface area contributed by atoms with E-state index in [1.807, 2.05) is 7.05 Å². The molecule has 0 radical (unpaired) electrons. The fourth-order valence-corrected chi connectivity index (χ4v) is 2.46. The van der Waals surface area contributed by atoms with Crippen molar-refractivity contribution in [3.8, 4) is 0 Å². The normalized spacial score (nSPS) is 13.7. The van der Waals surface area contributed by atoms with E-state index in [-0.39, 0.29) is 5.41 Å². The Morgan fingerprint density at radius 3 is 2.32 bits per heavy atom. The van der Waals surface area contributed by atoms with Gasteiger partial charge in [-0.3, -0.25) is 4.99 Å². The molecule has 2 heteroatoms. The second kappa shape index (κ2) is 9.78. The van der Waals surface area contributed by atoms with Gasteiger partial charge in [0.1, 0.15) is 0 Å². The molecular formula is C20H34N2. The lowest BCUT2D eigenvalue weighted by Gasteiger charge is -2.19. The number of benzene rings is 1. The third-order valence-corrected chi connectivity index (χ3v) is 4.07. The Morgan fingerprint density at radius 1 is 1.09 bits per heavy atom. The van der Waals surface area contributed by atoms with E-state index in [0.717, 1.165) is 13.0 Å². The van der Waals surface area contributed by atoms with Crippen molar-refractivity contribution >= 4 is 6.21 Å². The molecule has 1 rings (SSSR count). The summed E-state index contributed by atoms with van der Waals surface area (Å²) < 4.78 is 0. The SMILES string of the molecule is CCCCCCN=CC(Cc1ccc(C(C)(C)C)cc1)NC. The van der Waals surface area contributed by atoms with Crippen molar-refractivity contribution < 1.29 is 0 Å². The Kier molecular flexibility index (Phi) is 8.40. The molecule has 1 aromatic rings. The monoisotopic (exact) mass is 302 g/mol. The van der Waals surface area contributed by atoms with E-state index in [4.69, 9.17) is 0 Å². The molecule has 0 spiro atoms. The Balaban J connectivity index is 2.47. The molecule has 0 saturated heterocycles. The van der Waals surface area contributed by atoms with Crippen LogP contribution in [0.4, 0.5) is 0 Å². The zero-order valence-corrected chi connectivity index (χ0v) is 15.2. The third-order valence-electron chi connectivity index (χ3n) is 4.07. The molecule has 0 aliphatic carbocycles. The highest BCUT2D eigenvalue weighted by molar-refractivity contribution is 5.65. The molecular weight excluding hydrogens is 268 g/mol. The lowest BCUT2D eigenvalue weighted by atomic mass is 9.86. The van der Waals surface area contributed by atoms with E-state index in [2.05, 4.69) is 68.5 Å². The van der Waals surface area contributed by atoms with Crippen molar-refractivity contribution in [2.75, 3.05) is 13.6 Å². The first-order chi connectivity index (χ1) is 10.5. The van der Waals surface area contributed by atoms with Crippen LogP contribution in [0.25, 0.3) is 0 Å². The predicted molar refractivity (Wildman–Crippen MR) is 99.2 cm³/mol. The van der Waals surface area contributed by atoms with Gasteiger partial charge in [-0.25, -0.2) is 0 Å². The number of nitrogens with one attached hydrogen (secondary N) is 1. The summed E-state index contributed by atoms with van der Waals surface area (Å²) in [5, 5.41) is 3.35. The summed E-state index contributed by atoms with van der Waals surface area (Å²) in [6.45, 7) is 9.96. The van der Waals surface area contributed by atoms with E-state index in [9.17, 15) is 0 Å². The van der Waals surface area contributed by atoms with Crippen molar-refractivity contribution in [2.45, 2.75) is 71.3 Å². The number of likely N-dealkylation sites (N-methyl/N-ethyl adjacent to an activating group) is 1. The highest BCUT2D eigenvalue weighted by Gasteiger charge is 2.13. The van der Waals surface area contributed by atoms with Crippen LogP contribution in [-0.2, 0) is 11.8 Å². The van der Waals surface area contributed by atoms with Gasteiger partial charge in [0.2, 0.25) is 0 Å². The molecule has 1 unspecified atom stereocenters. The molecule has 1 aromatic carbocycles. The topological polar surface area (TPSA) is 24.4 Å². The summed E-state index contributed by atoms with van der Waals surface area (Å²) in [7, 11) is 2.01. The van der Waals surface area contributed by atoms with E-state index in [1.54, 1.807) is 0 Å². The number of aliphatic imine (C=N–C) groups is 1. The van der Waals surface area contributed by atoms with Gasteiger partial charge in [-0.15, -0.1) is 0 Å². The molecule has 0 aliphatic rings. The number of unbranched alkanes of at least 4 members (excludes halogenated alkanes) is 3. The molecule has 1 N–H and O–H groups in total. The Labute approximate surface area is 137 Å². The van der Waals surface area contributed by atoms with Crippen LogP contribution in [0.3, 0.4) is 0 Å². The fourth-order valence-electron chi connectivity index (χ4n) is 2.46. The lowest BCUT2D eigenvalue weighted by Crippen LogP contribution is -2.29. The van der Waals surface area contributed by atoms with Gasteiger partial charge in [0, 0.05) is 18.8 Å². The van der Waals surface area contributed by atoms with Gasteiger partial charge in [0.05, 0.1) is 0 Å². The summed E-state index contributed by atoms with van der Waals surface area (Å²) >= 11 is 0. The summed E-state index contributed by atoms with van der Waals surface area (Å²) in [5.74, 6) is 0. The highest BCUT2D eigenvalue weighted by atomic mass is 14.9. The molecule has 0 saturated carbocycles. The minimum absolute atomic E-state index is 0.223. The quantitative estimate of drug-likeness (QED) is 0.516. The predicted octanol–water partition coefficient (Wildman–Crippen LogP) is 4.77. The molecule has 0 aromatic heterocycles. The van der Waals surface area contributed by atoms with Crippen LogP contribution < -0.4 is 5.32 Å². The molecule has 0 aliphatic heterocycles. The standard InChI is InChI=1S/C20H34N2/c1-6-7-8-9-14-22-16-19(21-5)15-17-10-12-18(13-11-17)20(2,3)4/h10-13,16,19,21H,6-9,14-15H2,1-5H3. The van der Waals surface area contributed by atoms with Gasteiger partial charge in [0.25, 0.3) is 0 Å². The van der Waals surface area contributed by atoms with Gasteiger partial charge in [-0.1, -0.05) is 71.2 Å².